The quantitative estimate of drug-likeness (QED) is 0.732. The zero-order valence-electron chi connectivity index (χ0n) is 10.5. The van der Waals surface area contributed by atoms with E-state index in [-0.39, 0.29) is 0 Å². The molecule has 0 radical (unpaired) electrons. The minimum Gasteiger partial charge on any atom is -0.493 e. The number of hydrogen-bond acceptors (Lipinski definition) is 3. The molecule has 0 aliphatic heterocycles. The van der Waals surface area contributed by atoms with E-state index < -0.39 is 0 Å². The first-order valence-electron chi connectivity index (χ1n) is 5.88. The summed E-state index contributed by atoms with van der Waals surface area (Å²) in [5.41, 5.74) is 1.13. The van der Waals surface area contributed by atoms with E-state index in [1.807, 2.05) is 30.0 Å². The van der Waals surface area contributed by atoms with Crippen molar-refractivity contribution in [2.75, 3.05) is 25.2 Å². The minimum atomic E-state index is 0.759. The van der Waals surface area contributed by atoms with E-state index in [9.17, 15) is 0 Å². The van der Waals surface area contributed by atoms with Gasteiger partial charge in [-0.3, -0.25) is 0 Å². The van der Waals surface area contributed by atoms with Crippen LogP contribution in [0.1, 0.15) is 18.9 Å². The fourth-order valence-corrected chi connectivity index (χ4v) is 2.07. The van der Waals surface area contributed by atoms with E-state index in [1.54, 1.807) is 0 Å². The standard InChI is InChI=1S/C13H20ClNOS/c1-3-15-10-11-9-12(14)5-6-13(11)16-7-4-8-17-2/h5-6,9,15H,3-4,7-8,10H2,1-2H3. The normalized spacial score (nSPS) is 10.5. The molecule has 0 atom stereocenters. The van der Waals surface area contributed by atoms with Gasteiger partial charge in [-0.25, -0.2) is 0 Å². The largest absolute Gasteiger partial charge is 0.493 e. The zero-order chi connectivity index (χ0) is 12.5. The van der Waals surface area contributed by atoms with Gasteiger partial charge in [0.25, 0.3) is 0 Å². The molecule has 17 heavy (non-hydrogen) atoms. The Hall–Kier alpha value is -0.380. The third kappa shape index (κ3) is 5.66. The van der Waals surface area contributed by atoms with E-state index >= 15 is 0 Å². The van der Waals surface area contributed by atoms with Gasteiger partial charge < -0.3 is 10.1 Å². The lowest BCUT2D eigenvalue weighted by Crippen LogP contribution is -2.13. The van der Waals surface area contributed by atoms with Crippen molar-refractivity contribution in [3.8, 4) is 5.75 Å². The van der Waals surface area contributed by atoms with Crippen LogP contribution in [0.15, 0.2) is 18.2 Å². The van der Waals surface area contributed by atoms with Crippen LogP contribution >= 0.6 is 23.4 Å². The molecule has 0 saturated carbocycles. The van der Waals surface area contributed by atoms with Gasteiger partial charge in [0.15, 0.2) is 0 Å². The summed E-state index contributed by atoms with van der Waals surface area (Å²) in [5, 5.41) is 4.05. The second-order valence-electron chi connectivity index (χ2n) is 3.73. The number of thioether (sulfide) groups is 1. The predicted molar refractivity (Wildman–Crippen MR) is 77.3 cm³/mol. The Balaban J connectivity index is 2.55. The molecule has 96 valence electrons. The van der Waals surface area contributed by atoms with Crippen molar-refractivity contribution in [1.29, 1.82) is 0 Å². The van der Waals surface area contributed by atoms with E-state index in [2.05, 4.69) is 18.5 Å². The van der Waals surface area contributed by atoms with Gasteiger partial charge in [-0.2, -0.15) is 11.8 Å². The topological polar surface area (TPSA) is 21.3 Å². The van der Waals surface area contributed by atoms with E-state index in [0.717, 1.165) is 48.2 Å². The second-order valence-corrected chi connectivity index (χ2v) is 5.15. The zero-order valence-corrected chi connectivity index (χ0v) is 12.0. The highest BCUT2D eigenvalue weighted by atomic mass is 35.5. The van der Waals surface area contributed by atoms with E-state index in [0.29, 0.717) is 0 Å². The molecule has 0 heterocycles. The molecule has 0 aliphatic carbocycles. The molecule has 1 N–H and O–H groups in total. The van der Waals surface area contributed by atoms with Gasteiger partial charge in [0.1, 0.15) is 5.75 Å². The molecular formula is C13H20ClNOS. The number of rotatable bonds is 8. The Morgan fingerprint density at radius 1 is 1.41 bits per heavy atom. The first-order chi connectivity index (χ1) is 8.27. The maximum Gasteiger partial charge on any atom is 0.123 e. The van der Waals surface area contributed by atoms with Crippen molar-refractivity contribution in [2.24, 2.45) is 0 Å². The summed E-state index contributed by atoms with van der Waals surface area (Å²) in [6.45, 7) is 4.60. The van der Waals surface area contributed by atoms with Gasteiger partial charge in [-0.05, 0) is 43.2 Å². The molecule has 0 saturated heterocycles. The van der Waals surface area contributed by atoms with Crippen molar-refractivity contribution in [3.63, 3.8) is 0 Å². The van der Waals surface area contributed by atoms with Gasteiger partial charge in [0, 0.05) is 17.1 Å². The van der Waals surface area contributed by atoms with Gasteiger partial charge in [0.05, 0.1) is 6.61 Å². The van der Waals surface area contributed by atoms with Crippen LogP contribution in [0.4, 0.5) is 0 Å². The first-order valence-corrected chi connectivity index (χ1v) is 7.66. The van der Waals surface area contributed by atoms with Crippen LogP contribution in [0.25, 0.3) is 0 Å². The van der Waals surface area contributed by atoms with Crippen molar-refractivity contribution < 1.29 is 4.74 Å². The summed E-state index contributed by atoms with van der Waals surface area (Å²) < 4.78 is 5.78. The molecule has 1 aromatic carbocycles. The molecule has 2 nitrogen and oxygen atoms in total. The molecule has 0 aromatic heterocycles. The summed E-state index contributed by atoms with van der Waals surface area (Å²) in [4.78, 5) is 0. The molecule has 4 heteroatoms. The van der Waals surface area contributed by atoms with Crippen molar-refractivity contribution >= 4 is 23.4 Å². The highest BCUT2D eigenvalue weighted by Crippen LogP contribution is 2.23. The molecule has 1 aromatic rings. The molecular weight excluding hydrogens is 254 g/mol. The SMILES string of the molecule is CCNCc1cc(Cl)ccc1OCCCSC. The summed E-state index contributed by atoms with van der Waals surface area (Å²) in [5.74, 6) is 2.08. The fraction of sp³-hybridized carbons (Fsp3) is 0.538. The Labute approximate surface area is 113 Å². The maximum atomic E-state index is 5.99. The molecule has 0 bridgehead atoms. The highest BCUT2D eigenvalue weighted by Gasteiger charge is 2.04. The van der Waals surface area contributed by atoms with Gasteiger partial charge in [-0.15, -0.1) is 0 Å². The summed E-state index contributed by atoms with van der Waals surface area (Å²) in [6.07, 6.45) is 3.18. The van der Waals surface area contributed by atoms with E-state index in [4.69, 9.17) is 16.3 Å². The lowest BCUT2D eigenvalue weighted by Gasteiger charge is -2.12. The first kappa shape index (κ1) is 14.7. The van der Waals surface area contributed by atoms with Crippen LogP contribution in [-0.2, 0) is 6.54 Å². The van der Waals surface area contributed by atoms with Crippen LogP contribution in [-0.4, -0.2) is 25.2 Å². The van der Waals surface area contributed by atoms with Gasteiger partial charge in [-0.1, -0.05) is 18.5 Å². The molecule has 0 aliphatic rings. The average molecular weight is 274 g/mol. The van der Waals surface area contributed by atoms with Crippen LogP contribution < -0.4 is 10.1 Å². The van der Waals surface area contributed by atoms with Crippen molar-refractivity contribution in [2.45, 2.75) is 19.9 Å². The molecule has 0 fully saturated rings. The van der Waals surface area contributed by atoms with E-state index in [1.165, 1.54) is 0 Å². The predicted octanol–water partition coefficient (Wildman–Crippen LogP) is 3.58. The van der Waals surface area contributed by atoms with Crippen LogP contribution in [0.2, 0.25) is 5.02 Å². The Morgan fingerprint density at radius 2 is 2.24 bits per heavy atom. The number of nitrogens with one attached hydrogen (secondary N) is 1. The summed E-state index contributed by atoms with van der Waals surface area (Å²) >= 11 is 7.84. The third-order valence-electron chi connectivity index (χ3n) is 2.34. The Kier molecular flexibility index (Phi) is 7.49. The van der Waals surface area contributed by atoms with Crippen molar-refractivity contribution in [3.05, 3.63) is 28.8 Å². The maximum absolute atomic E-state index is 5.99. The summed E-state index contributed by atoms with van der Waals surface area (Å²) in [7, 11) is 0. The van der Waals surface area contributed by atoms with Crippen LogP contribution in [0.3, 0.4) is 0 Å². The third-order valence-corrected chi connectivity index (χ3v) is 3.27. The van der Waals surface area contributed by atoms with Gasteiger partial charge in [0.2, 0.25) is 0 Å². The molecule has 0 amide bonds. The van der Waals surface area contributed by atoms with Crippen LogP contribution in [0, 0.1) is 0 Å². The lowest BCUT2D eigenvalue weighted by molar-refractivity contribution is 0.314. The average Bonchev–Trinajstić information content (AvgIpc) is 2.34. The summed E-state index contributed by atoms with van der Waals surface area (Å²) in [6, 6.07) is 5.79. The van der Waals surface area contributed by atoms with Crippen LogP contribution in [0.5, 0.6) is 5.75 Å². The molecule has 0 spiro atoms. The molecule has 1 rings (SSSR count). The van der Waals surface area contributed by atoms with Crippen molar-refractivity contribution in [1.82, 2.24) is 5.32 Å². The number of benzene rings is 1. The highest BCUT2D eigenvalue weighted by molar-refractivity contribution is 7.98. The molecule has 0 unspecified atom stereocenters. The minimum absolute atomic E-state index is 0.759. The number of ether oxygens (including phenoxy) is 1. The fourth-order valence-electron chi connectivity index (χ4n) is 1.47. The monoisotopic (exact) mass is 273 g/mol. The second kappa shape index (κ2) is 8.67. The smallest absolute Gasteiger partial charge is 0.123 e. The Bertz CT molecular complexity index is 333. The lowest BCUT2D eigenvalue weighted by atomic mass is 10.2. The number of halogens is 1. The Morgan fingerprint density at radius 3 is 2.94 bits per heavy atom. The number of hydrogen-bond donors (Lipinski definition) is 1. The van der Waals surface area contributed by atoms with Gasteiger partial charge >= 0.3 is 0 Å².